The highest BCUT2D eigenvalue weighted by atomic mass is 32.2. The van der Waals surface area contributed by atoms with Gasteiger partial charge in [0, 0.05) is 22.3 Å². The zero-order chi connectivity index (χ0) is 23.0. The number of benzene rings is 3. The molecule has 4 rings (SSSR count). The van der Waals surface area contributed by atoms with Gasteiger partial charge < -0.3 is 10.6 Å². The molecule has 0 aliphatic heterocycles. The van der Waals surface area contributed by atoms with E-state index < -0.39 is 11.1 Å². The predicted octanol–water partition coefficient (Wildman–Crippen LogP) is 5.95. The second kappa shape index (κ2) is 10.6. The summed E-state index contributed by atoms with van der Waals surface area (Å²) in [6, 6.07) is 27.4. The van der Waals surface area contributed by atoms with Crippen molar-refractivity contribution in [3.8, 4) is 0 Å². The van der Waals surface area contributed by atoms with Crippen LogP contribution in [-0.2, 0) is 4.79 Å². The Balaban J connectivity index is 1.53. The minimum absolute atomic E-state index is 0.203. The number of carbonyl (C=O) groups is 2. The number of thioether (sulfide) groups is 1. The predicted molar refractivity (Wildman–Crippen MR) is 129 cm³/mol. The van der Waals surface area contributed by atoms with Gasteiger partial charge in [-0.2, -0.15) is 0 Å². The molecule has 5 nitrogen and oxygen atoms in total. The van der Waals surface area contributed by atoms with Gasteiger partial charge in [0.05, 0.1) is 0 Å². The summed E-state index contributed by atoms with van der Waals surface area (Å²) < 4.78 is 13.1. The number of rotatable bonds is 7. The van der Waals surface area contributed by atoms with Crippen molar-refractivity contribution < 1.29 is 14.0 Å². The summed E-state index contributed by atoms with van der Waals surface area (Å²) in [5.74, 6) is -0.472. The van der Waals surface area contributed by atoms with Gasteiger partial charge in [0.2, 0.25) is 5.91 Å². The molecule has 0 aliphatic rings. The molecule has 0 bridgehead atoms. The van der Waals surface area contributed by atoms with Crippen LogP contribution < -0.4 is 10.6 Å². The van der Waals surface area contributed by atoms with Crippen LogP contribution in [0.5, 0.6) is 0 Å². The topological polar surface area (TPSA) is 71.1 Å². The molecule has 0 fully saturated rings. The van der Waals surface area contributed by atoms with Gasteiger partial charge in [-0.15, -0.1) is 11.8 Å². The third kappa shape index (κ3) is 6.05. The van der Waals surface area contributed by atoms with Gasteiger partial charge in [0.15, 0.2) is 0 Å². The highest BCUT2D eigenvalue weighted by molar-refractivity contribution is 8.00. The van der Waals surface area contributed by atoms with Crippen LogP contribution >= 0.6 is 11.8 Å². The zero-order valence-electron chi connectivity index (χ0n) is 17.4. The van der Waals surface area contributed by atoms with Crippen LogP contribution in [0, 0.1) is 5.82 Å². The average Bonchev–Trinajstić information content (AvgIpc) is 2.84. The number of amides is 2. The van der Waals surface area contributed by atoms with Gasteiger partial charge >= 0.3 is 0 Å². The van der Waals surface area contributed by atoms with Crippen molar-refractivity contribution in [2.45, 2.75) is 10.1 Å². The van der Waals surface area contributed by atoms with E-state index in [4.69, 9.17) is 0 Å². The number of anilines is 2. The summed E-state index contributed by atoms with van der Waals surface area (Å²) in [4.78, 5) is 30.6. The first-order chi connectivity index (χ1) is 16.1. The number of hydrogen-bond donors (Lipinski definition) is 2. The fourth-order valence-corrected chi connectivity index (χ4v) is 4.20. The third-order valence-corrected chi connectivity index (χ3v) is 5.96. The Morgan fingerprint density at radius 2 is 1.58 bits per heavy atom. The molecule has 4 aromatic rings. The van der Waals surface area contributed by atoms with Gasteiger partial charge in [-0.3, -0.25) is 9.59 Å². The van der Waals surface area contributed by atoms with E-state index in [1.54, 1.807) is 42.6 Å². The quantitative estimate of drug-likeness (QED) is 0.337. The maximum Gasteiger partial charge on any atom is 0.255 e. The Kier molecular flexibility index (Phi) is 7.12. The number of nitrogens with zero attached hydrogens (tertiary/aromatic N) is 1. The average molecular weight is 458 g/mol. The number of nitrogens with one attached hydrogen (secondary N) is 2. The lowest BCUT2D eigenvalue weighted by molar-refractivity contribution is -0.115. The van der Waals surface area contributed by atoms with Crippen molar-refractivity contribution in [2.24, 2.45) is 0 Å². The van der Waals surface area contributed by atoms with Crippen LogP contribution in [0.1, 0.15) is 21.2 Å². The second-order valence-corrected chi connectivity index (χ2v) is 8.28. The highest BCUT2D eigenvalue weighted by Gasteiger charge is 2.22. The SMILES string of the molecule is O=C(Nc1cccc(SC(C(=O)Nc2ccccn2)c2ccccc2)c1)c1ccc(F)cc1. The van der Waals surface area contributed by atoms with Gasteiger partial charge in [-0.25, -0.2) is 9.37 Å². The van der Waals surface area contributed by atoms with E-state index >= 15 is 0 Å². The van der Waals surface area contributed by atoms with Crippen LogP contribution in [0.15, 0.2) is 108 Å². The largest absolute Gasteiger partial charge is 0.322 e. The normalized spacial score (nSPS) is 11.4. The first kappa shape index (κ1) is 22.2. The van der Waals surface area contributed by atoms with E-state index in [9.17, 15) is 14.0 Å². The smallest absolute Gasteiger partial charge is 0.255 e. The molecule has 164 valence electrons. The lowest BCUT2D eigenvalue weighted by Crippen LogP contribution is -2.19. The monoisotopic (exact) mass is 457 g/mol. The Morgan fingerprint density at radius 3 is 2.30 bits per heavy atom. The Morgan fingerprint density at radius 1 is 0.818 bits per heavy atom. The third-order valence-electron chi connectivity index (χ3n) is 4.71. The molecule has 1 aromatic heterocycles. The molecule has 0 radical (unpaired) electrons. The van der Waals surface area contributed by atoms with Crippen LogP contribution in [0.4, 0.5) is 15.9 Å². The summed E-state index contributed by atoms with van der Waals surface area (Å²) in [5.41, 5.74) is 1.77. The summed E-state index contributed by atoms with van der Waals surface area (Å²) in [5, 5.41) is 5.15. The summed E-state index contributed by atoms with van der Waals surface area (Å²) >= 11 is 1.37. The van der Waals surface area contributed by atoms with E-state index in [-0.39, 0.29) is 11.8 Å². The molecule has 1 unspecified atom stereocenters. The Labute approximate surface area is 195 Å². The van der Waals surface area contributed by atoms with Gasteiger partial charge in [-0.05, 0) is 60.2 Å². The Bertz CT molecular complexity index is 1240. The fraction of sp³-hybridized carbons (Fsp3) is 0.0385. The van der Waals surface area contributed by atoms with Crippen LogP contribution in [0.25, 0.3) is 0 Å². The van der Waals surface area contributed by atoms with Crippen molar-refractivity contribution in [3.63, 3.8) is 0 Å². The molecular formula is C26H20FN3O2S. The molecule has 33 heavy (non-hydrogen) atoms. The number of carbonyl (C=O) groups excluding carboxylic acids is 2. The number of aromatic nitrogens is 1. The lowest BCUT2D eigenvalue weighted by atomic mass is 10.1. The molecule has 0 saturated heterocycles. The van der Waals surface area contributed by atoms with Crippen molar-refractivity contribution in [3.05, 3.63) is 120 Å². The molecule has 0 aliphatic carbocycles. The van der Waals surface area contributed by atoms with E-state index in [1.807, 2.05) is 36.4 Å². The lowest BCUT2D eigenvalue weighted by Gasteiger charge is -2.17. The first-order valence-corrected chi connectivity index (χ1v) is 11.1. The van der Waals surface area contributed by atoms with Crippen LogP contribution in [0.2, 0.25) is 0 Å². The van der Waals surface area contributed by atoms with Gasteiger partial charge in [0.1, 0.15) is 16.9 Å². The molecular weight excluding hydrogens is 437 g/mol. The number of pyridine rings is 1. The highest BCUT2D eigenvalue weighted by Crippen LogP contribution is 2.37. The van der Waals surface area contributed by atoms with Crippen molar-refractivity contribution in [1.82, 2.24) is 4.98 Å². The van der Waals surface area contributed by atoms with E-state index in [0.29, 0.717) is 17.1 Å². The molecule has 2 amide bonds. The van der Waals surface area contributed by atoms with E-state index in [1.165, 1.54) is 36.0 Å². The fourth-order valence-electron chi connectivity index (χ4n) is 3.12. The minimum atomic E-state index is -0.531. The van der Waals surface area contributed by atoms with E-state index in [0.717, 1.165) is 10.5 Å². The maximum absolute atomic E-state index is 13.1. The van der Waals surface area contributed by atoms with Gasteiger partial charge in [-0.1, -0.05) is 42.5 Å². The zero-order valence-corrected chi connectivity index (χ0v) is 18.3. The Hall–Kier alpha value is -3.97. The minimum Gasteiger partial charge on any atom is -0.322 e. The molecule has 1 atom stereocenters. The summed E-state index contributed by atoms with van der Waals surface area (Å²) in [6.45, 7) is 0. The van der Waals surface area contributed by atoms with Crippen molar-refractivity contribution >= 4 is 35.1 Å². The molecule has 0 saturated carbocycles. The molecule has 2 N–H and O–H groups in total. The molecule has 7 heteroatoms. The first-order valence-electron chi connectivity index (χ1n) is 10.2. The molecule has 0 spiro atoms. The molecule has 1 heterocycles. The standard InChI is InChI=1S/C26H20FN3O2S/c27-20-14-12-19(13-15-20)25(31)29-21-9-6-10-22(17-21)33-24(18-7-2-1-3-8-18)26(32)30-23-11-4-5-16-28-23/h1-17,24H,(H,29,31)(H,28,30,32). The van der Waals surface area contributed by atoms with Crippen LogP contribution in [0.3, 0.4) is 0 Å². The van der Waals surface area contributed by atoms with Gasteiger partial charge in [0.25, 0.3) is 5.91 Å². The van der Waals surface area contributed by atoms with E-state index in [2.05, 4.69) is 15.6 Å². The maximum atomic E-state index is 13.1. The summed E-state index contributed by atoms with van der Waals surface area (Å²) in [6.07, 6.45) is 1.62. The number of halogens is 1. The molecule has 3 aromatic carbocycles. The van der Waals surface area contributed by atoms with Crippen LogP contribution in [-0.4, -0.2) is 16.8 Å². The second-order valence-electron chi connectivity index (χ2n) is 7.10. The summed E-state index contributed by atoms with van der Waals surface area (Å²) in [7, 11) is 0. The van der Waals surface area contributed by atoms with Crippen molar-refractivity contribution in [1.29, 1.82) is 0 Å². The van der Waals surface area contributed by atoms with Crippen molar-refractivity contribution in [2.75, 3.05) is 10.6 Å². The number of hydrogen-bond acceptors (Lipinski definition) is 4.